The van der Waals surface area contributed by atoms with Gasteiger partial charge in [-0.15, -0.1) is 0 Å². The van der Waals surface area contributed by atoms with E-state index < -0.39 is 15.9 Å². The first-order chi connectivity index (χ1) is 13.9. The van der Waals surface area contributed by atoms with E-state index in [2.05, 4.69) is 5.32 Å². The van der Waals surface area contributed by atoms with Gasteiger partial charge in [0.15, 0.2) is 0 Å². The molecule has 0 atom stereocenters. The molecule has 0 fully saturated rings. The van der Waals surface area contributed by atoms with Gasteiger partial charge in [-0.1, -0.05) is 19.1 Å². The molecule has 0 unspecified atom stereocenters. The van der Waals surface area contributed by atoms with Crippen molar-refractivity contribution in [3.05, 3.63) is 59.9 Å². The van der Waals surface area contributed by atoms with Crippen molar-refractivity contribution in [1.29, 1.82) is 0 Å². The first kappa shape index (κ1) is 22.8. The number of likely N-dealkylation sites (N-methyl/N-ethyl adjacent to an activating group) is 1. The molecule has 0 saturated heterocycles. The molecule has 0 saturated carbocycles. The number of nitrogens with zero attached hydrogens (tertiary/aromatic N) is 1. The lowest BCUT2D eigenvalue weighted by atomic mass is 10.2. The summed E-state index contributed by atoms with van der Waals surface area (Å²) in [5, 5.41) is 2.65. The number of rotatable bonds is 11. The monoisotopic (exact) mass is 424 g/mol. The van der Waals surface area contributed by atoms with E-state index in [1.54, 1.807) is 38.3 Å². The summed E-state index contributed by atoms with van der Waals surface area (Å²) in [6.45, 7) is 2.45. The van der Waals surface area contributed by atoms with E-state index in [-0.39, 0.29) is 30.3 Å². The molecule has 1 N–H and O–H groups in total. The van der Waals surface area contributed by atoms with Gasteiger partial charge in [0.2, 0.25) is 15.9 Å². The van der Waals surface area contributed by atoms with Gasteiger partial charge < -0.3 is 14.8 Å². The highest BCUT2D eigenvalue weighted by atomic mass is 32.2. The molecule has 7 nitrogen and oxygen atoms in total. The topological polar surface area (TPSA) is 84.9 Å². The average Bonchev–Trinajstić information content (AvgIpc) is 2.72. The molecule has 0 radical (unpaired) electrons. The number of methoxy groups -OCH3 is 1. The molecule has 29 heavy (non-hydrogen) atoms. The molecule has 2 aromatic rings. The van der Waals surface area contributed by atoms with Crippen LogP contribution in [-0.2, 0) is 26.1 Å². The molecule has 158 valence electrons. The predicted molar refractivity (Wildman–Crippen MR) is 106 cm³/mol. The number of halogens is 1. The Hall–Kier alpha value is -2.49. The van der Waals surface area contributed by atoms with Crippen molar-refractivity contribution in [2.45, 2.75) is 18.4 Å². The maximum Gasteiger partial charge on any atom is 0.243 e. The van der Waals surface area contributed by atoms with E-state index in [0.29, 0.717) is 19.0 Å². The number of sulfonamides is 1. The van der Waals surface area contributed by atoms with Crippen molar-refractivity contribution in [1.82, 2.24) is 9.62 Å². The quantitative estimate of drug-likeness (QED) is 0.559. The van der Waals surface area contributed by atoms with Crippen LogP contribution in [0.4, 0.5) is 4.39 Å². The molecule has 0 aliphatic rings. The second-order valence-corrected chi connectivity index (χ2v) is 8.09. The molecule has 2 rings (SSSR count). The van der Waals surface area contributed by atoms with Crippen molar-refractivity contribution < 1.29 is 27.1 Å². The van der Waals surface area contributed by atoms with E-state index in [4.69, 9.17) is 9.47 Å². The molecular formula is C20H25FN2O5S. The third kappa shape index (κ3) is 6.81. The van der Waals surface area contributed by atoms with Crippen LogP contribution in [0.25, 0.3) is 0 Å². The molecule has 0 bridgehead atoms. The van der Waals surface area contributed by atoms with Gasteiger partial charge in [0.25, 0.3) is 0 Å². The molecule has 9 heteroatoms. The van der Waals surface area contributed by atoms with E-state index in [1.807, 2.05) is 0 Å². The Balaban J connectivity index is 1.97. The van der Waals surface area contributed by atoms with Crippen LogP contribution in [0.5, 0.6) is 5.75 Å². The minimum atomic E-state index is -3.83. The van der Waals surface area contributed by atoms with Gasteiger partial charge in [-0.3, -0.25) is 4.79 Å². The van der Waals surface area contributed by atoms with Crippen LogP contribution in [0.1, 0.15) is 12.5 Å². The zero-order chi connectivity index (χ0) is 21.3. The zero-order valence-electron chi connectivity index (χ0n) is 16.4. The predicted octanol–water partition coefficient (Wildman–Crippen LogP) is 2.18. The molecule has 2 aromatic carbocycles. The molecule has 1 amide bonds. The molecule has 0 aliphatic carbocycles. The van der Waals surface area contributed by atoms with Gasteiger partial charge in [0.1, 0.15) is 18.2 Å². The van der Waals surface area contributed by atoms with Crippen molar-refractivity contribution >= 4 is 15.9 Å². The van der Waals surface area contributed by atoms with E-state index >= 15 is 0 Å². The van der Waals surface area contributed by atoms with Crippen LogP contribution in [0, 0.1) is 5.82 Å². The molecule has 0 heterocycles. The largest absolute Gasteiger partial charge is 0.491 e. The van der Waals surface area contributed by atoms with Gasteiger partial charge in [-0.2, -0.15) is 4.31 Å². The maximum absolute atomic E-state index is 12.9. The fraction of sp³-hybridized carbons (Fsp3) is 0.350. The van der Waals surface area contributed by atoms with Crippen LogP contribution in [0.15, 0.2) is 53.4 Å². The summed E-state index contributed by atoms with van der Waals surface area (Å²) >= 11 is 0. The first-order valence-corrected chi connectivity index (χ1v) is 10.5. The summed E-state index contributed by atoms with van der Waals surface area (Å²) in [6, 6.07) is 11.7. The third-order valence-electron chi connectivity index (χ3n) is 4.09. The molecular weight excluding hydrogens is 399 g/mol. The number of amides is 1. The molecule has 0 aliphatic heterocycles. The van der Waals surface area contributed by atoms with Gasteiger partial charge >= 0.3 is 0 Å². The summed E-state index contributed by atoms with van der Waals surface area (Å²) in [7, 11) is -2.27. The first-order valence-electron chi connectivity index (χ1n) is 9.10. The average molecular weight is 424 g/mol. The highest BCUT2D eigenvalue weighted by Crippen LogP contribution is 2.19. The Morgan fingerprint density at radius 2 is 1.72 bits per heavy atom. The van der Waals surface area contributed by atoms with E-state index in [0.717, 1.165) is 9.87 Å². The normalized spacial score (nSPS) is 11.4. The molecule has 0 aromatic heterocycles. The minimum absolute atomic E-state index is 0.0739. The Morgan fingerprint density at radius 1 is 1.07 bits per heavy atom. The lowest BCUT2D eigenvalue weighted by molar-refractivity contribution is -0.121. The Kier molecular flexibility index (Phi) is 8.56. The third-order valence-corrected chi connectivity index (χ3v) is 6.03. The van der Waals surface area contributed by atoms with Crippen LogP contribution >= 0.6 is 0 Å². The minimum Gasteiger partial charge on any atom is -0.491 e. The van der Waals surface area contributed by atoms with Crippen molar-refractivity contribution in [2.24, 2.45) is 0 Å². The maximum atomic E-state index is 12.9. The van der Waals surface area contributed by atoms with E-state index in [1.165, 1.54) is 24.3 Å². The Bertz CT molecular complexity index is 886. The summed E-state index contributed by atoms with van der Waals surface area (Å²) in [4.78, 5) is 12.3. The highest BCUT2D eigenvalue weighted by molar-refractivity contribution is 7.89. The lowest BCUT2D eigenvalue weighted by Gasteiger charge is -2.20. The number of hydrogen-bond donors (Lipinski definition) is 1. The summed E-state index contributed by atoms with van der Waals surface area (Å²) in [6.07, 6.45) is 0. The van der Waals surface area contributed by atoms with Gasteiger partial charge in [0.05, 0.1) is 18.0 Å². The summed E-state index contributed by atoms with van der Waals surface area (Å²) in [5.74, 6) is -0.279. The lowest BCUT2D eigenvalue weighted by Crippen LogP contribution is -2.40. The number of benzene rings is 2. The van der Waals surface area contributed by atoms with E-state index in [9.17, 15) is 17.6 Å². The smallest absolute Gasteiger partial charge is 0.243 e. The number of nitrogens with one attached hydrogen (secondary N) is 1. The number of carbonyl (C=O) groups is 1. The fourth-order valence-electron chi connectivity index (χ4n) is 2.49. The summed E-state index contributed by atoms with van der Waals surface area (Å²) in [5.41, 5.74) is 0.717. The van der Waals surface area contributed by atoms with Crippen molar-refractivity contribution in [2.75, 3.05) is 33.4 Å². The summed E-state index contributed by atoms with van der Waals surface area (Å²) < 4.78 is 50.0. The number of hydrogen-bond acceptors (Lipinski definition) is 5. The second kappa shape index (κ2) is 10.9. The Morgan fingerprint density at radius 3 is 2.31 bits per heavy atom. The molecule has 0 spiro atoms. The number of carbonyl (C=O) groups excluding carboxylic acids is 1. The van der Waals surface area contributed by atoms with Crippen LogP contribution < -0.4 is 10.1 Å². The van der Waals surface area contributed by atoms with Crippen LogP contribution in [0.2, 0.25) is 0 Å². The van der Waals surface area contributed by atoms with Crippen LogP contribution in [0.3, 0.4) is 0 Å². The van der Waals surface area contributed by atoms with Crippen LogP contribution in [-0.4, -0.2) is 52.0 Å². The van der Waals surface area contributed by atoms with Gasteiger partial charge in [0, 0.05) is 20.2 Å². The Labute approximate surface area is 170 Å². The highest BCUT2D eigenvalue weighted by Gasteiger charge is 2.25. The number of ether oxygens (including phenoxy) is 2. The van der Waals surface area contributed by atoms with Crippen molar-refractivity contribution in [3.8, 4) is 5.75 Å². The standard InChI is InChI=1S/C20H25FN2O5S/c1-3-23(15-20(24)22-14-16-4-6-17(21)7-5-16)29(25,26)19-10-8-18(9-11-19)28-13-12-27-2/h4-11H,3,12-15H2,1-2H3,(H,22,24). The fourth-order valence-corrected chi connectivity index (χ4v) is 3.89. The SMILES string of the molecule is CCN(CC(=O)NCc1ccc(F)cc1)S(=O)(=O)c1ccc(OCCOC)cc1. The van der Waals surface area contributed by atoms with Crippen molar-refractivity contribution in [3.63, 3.8) is 0 Å². The van der Waals surface area contributed by atoms with Gasteiger partial charge in [-0.25, -0.2) is 12.8 Å². The van der Waals surface area contributed by atoms with Gasteiger partial charge in [-0.05, 0) is 42.0 Å². The second-order valence-electron chi connectivity index (χ2n) is 6.15. The zero-order valence-corrected chi connectivity index (χ0v) is 17.2.